The molecule has 11 heteroatoms. The van der Waals surface area contributed by atoms with Gasteiger partial charge in [-0.3, -0.25) is 24.1 Å². The van der Waals surface area contributed by atoms with Crippen LogP contribution in [-0.4, -0.2) is 53.8 Å². The summed E-state index contributed by atoms with van der Waals surface area (Å²) in [6.07, 6.45) is 0.0640. The molecule has 1 aliphatic heterocycles. The van der Waals surface area contributed by atoms with Gasteiger partial charge in [-0.1, -0.05) is 90.6 Å². The molecule has 244 valence electrons. The number of nitrogens with one attached hydrogen (secondary N) is 1. The molecule has 48 heavy (non-hydrogen) atoms. The number of nitrogens with zero attached hydrogens (tertiary/aromatic N) is 4. The highest BCUT2D eigenvalue weighted by Gasteiger charge is 2.42. The van der Waals surface area contributed by atoms with Gasteiger partial charge in [-0.15, -0.1) is 5.10 Å². The van der Waals surface area contributed by atoms with Crippen molar-refractivity contribution in [2.75, 3.05) is 11.1 Å². The smallest absolute Gasteiger partial charge is 0.288 e. The van der Waals surface area contributed by atoms with Crippen LogP contribution in [0.3, 0.4) is 0 Å². The van der Waals surface area contributed by atoms with E-state index in [9.17, 15) is 24.3 Å². The van der Waals surface area contributed by atoms with Gasteiger partial charge in [-0.2, -0.15) is 0 Å². The van der Waals surface area contributed by atoms with E-state index in [4.69, 9.17) is 0 Å². The largest absolute Gasteiger partial charge is 0.388 e. The first-order valence-electron chi connectivity index (χ1n) is 15.9. The molecule has 0 saturated carbocycles. The Morgan fingerprint density at radius 1 is 0.917 bits per heavy atom. The Balaban J connectivity index is 1.25. The van der Waals surface area contributed by atoms with E-state index in [1.165, 1.54) is 9.58 Å². The Hall–Kier alpha value is -5.13. The number of carbonyl (C=O) groups is 3. The van der Waals surface area contributed by atoms with Gasteiger partial charge in [0.25, 0.3) is 16.7 Å². The minimum atomic E-state index is -1.32. The summed E-state index contributed by atoms with van der Waals surface area (Å²) in [5, 5.41) is 22.8. The topological polar surface area (TPSA) is 134 Å². The van der Waals surface area contributed by atoms with Crippen LogP contribution in [0.4, 0.5) is 10.5 Å². The second-order valence-electron chi connectivity index (χ2n) is 11.7. The molecule has 6 rings (SSSR count). The van der Waals surface area contributed by atoms with E-state index in [-0.39, 0.29) is 35.7 Å². The Kier molecular flexibility index (Phi) is 10.1. The number of aryl methyl sites for hydroxylation is 2. The van der Waals surface area contributed by atoms with Crippen LogP contribution in [0, 0.1) is 5.92 Å². The van der Waals surface area contributed by atoms with Crippen LogP contribution >= 0.6 is 11.8 Å². The first-order valence-corrected chi connectivity index (χ1v) is 16.9. The molecule has 1 aromatic heterocycles. The number of hydrogen-bond acceptors (Lipinski definition) is 8. The molecule has 10 nitrogen and oxygen atoms in total. The van der Waals surface area contributed by atoms with Crippen LogP contribution in [0.2, 0.25) is 0 Å². The van der Waals surface area contributed by atoms with Crippen LogP contribution in [0.5, 0.6) is 0 Å². The molecule has 3 amide bonds. The number of hydrogen-bond donors (Lipinski definition) is 2. The van der Waals surface area contributed by atoms with E-state index in [0.717, 1.165) is 29.3 Å². The molecule has 1 aliphatic rings. The molecular weight excluding hydrogens is 627 g/mol. The molecule has 1 fully saturated rings. The third-order valence-electron chi connectivity index (χ3n) is 8.63. The lowest BCUT2D eigenvalue weighted by Crippen LogP contribution is -2.45. The number of fused-ring (bicyclic) bond motifs is 1. The van der Waals surface area contributed by atoms with Crippen LogP contribution < -0.4 is 10.9 Å². The predicted octanol–water partition coefficient (Wildman–Crippen LogP) is 5.65. The molecular formula is C37H35N5O5S. The number of aliphatic hydroxyl groups is 1. The van der Waals surface area contributed by atoms with Gasteiger partial charge in [0.1, 0.15) is 5.52 Å². The van der Waals surface area contributed by atoms with E-state index in [0.29, 0.717) is 39.9 Å². The first-order chi connectivity index (χ1) is 23.3. The number of benzene rings is 4. The number of imide groups is 1. The maximum absolute atomic E-state index is 14.3. The minimum absolute atomic E-state index is 0.00633. The van der Waals surface area contributed by atoms with Crippen LogP contribution in [-0.2, 0) is 24.2 Å². The number of rotatable bonds is 11. The Morgan fingerprint density at radius 3 is 2.35 bits per heavy atom. The van der Waals surface area contributed by atoms with Crippen molar-refractivity contribution in [2.45, 2.75) is 44.9 Å². The Bertz CT molecular complexity index is 1980. The molecule has 2 heterocycles. The molecule has 0 unspecified atom stereocenters. The number of aliphatic hydroxyl groups excluding tert-OH is 1. The van der Waals surface area contributed by atoms with Gasteiger partial charge in [-0.05, 0) is 72.4 Å². The zero-order valence-electron chi connectivity index (χ0n) is 26.4. The molecule has 2 N–H and O–H groups in total. The lowest BCUT2D eigenvalue weighted by Gasteiger charge is -2.29. The highest BCUT2D eigenvalue weighted by Crippen LogP contribution is 2.34. The Labute approximate surface area is 281 Å². The monoisotopic (exact) mass is 661 g/mol. The van der Waals surface area contributed by atoms with Gasteiger partial charge in [0.15, 0.2) is 0 Å². The number of aromatic nitrogens is 3. The van der Waals surface area contributed by atoms with Crippen LogP contribution in [0.25, 0.3) is 10.9 Å². The predicted molar refractivity (Wildman–Crippen MR) is 186 cm³/mol. The first kappa shape index (κ1) is 32.8. The van der Waals surface area contributed by atoms with Crippen molar-refractivity contribution in [1.29, 1.82) is 0 Å². The standard InChI is InChI=1S/C37H35N5O5S/c1-2-24-12-14-27(15-13-24)34(44)38-28-18-16-26(17-19-28)33(43)31(20-21-41-35(45)30-10-6-7-11-32(30)39-40-41)36(46)42-29(23-48-37(42)47)22-25-8-4-3-5-9-25/h3-19,29,31,33,43H,2,20-23H2,1H3,(H,38,44)/t29-,31-,33+/m0/s1. The zero-order chi connectivity index (χ0) is 33.6. The minimum Gasteiger partial charge on any atom is -0.388 e. The third kappa shape index (κ3) is 7.22. The Morgan fingerprint density at radius 2 is 1.62 bits per heavy atom. The molecule has 0 aliphatic carbocycles. The van der Waals surface area contributed by atoms with Crippen molar-refractivity contribution < 1.29 is 19.5 Å². The molecule has 0 bridgehead atoms. The van der Waals surface area contributed by atoms with E-state index < -0.39 is 17.9 Å². The van der Waals surface area contributed by atoms with Crippen molar-refractivity contribution in [3.8, 4) is 0 Å². The van der Waals surface area contributed by atoms with Crippen molar-refractivity contribution in [3.05, 3.63) is 136 Å². The number of anilines is 1. The lowest BCUT2D eigenvalue weighted by atomic mass is 9.90. The summed E-state index contributed by atoms with van der Waals surface area (Å²) in [5.74, 6) is -1.43. The zero-order valence-corrected chi connectivity index (χ0v) is 27.2. The second kappa shape index (κ2) is 14.7. The quantitative estimate of drug-likeness (QED) is 0.185. The van der Waals surface area contributed by atoms with Crippen molar-refractivity contribution in [3.63, 3.8) is 0 Å². The molecule has 0 spiro atoms. The fourth-order valence-electron chi connectivity index (χ4n) is 5.88. The normalized spacial score (nSPS) is 15.8. The highest BCUT2D eigenvalue weighted by atomic mass is 32.2. The lowest BCUT2D eigenvalue weighted by molar-refractivity contribution is -0.137. The molecule has 4 aromatic carbocycles. The maximum Gasteiger partial charge on any atom is 0.288 e. The summed E-state index contributed by atoms with van der Waals surface area (Å²) in [6, 6.07) is 30.1. The van der Waals surface area contributed by atoms with Gasteiger partial charge in [-0.25, -0.2) is 4.68 Å². The van der Waals surface area contributed by atoms with Gasteiger partial charge >= 0.3 is 0 Å². The van der Waals surface area contributed by atoms with E-state index in [1.807, 2.05) is 49.4 Å². The summed E-state index contributed by atoms with van der Waals surface area (Å²) >= 11 is 1.08. The fourth-order valence-corrected chi connectivity index (χ4v) is 6.86. The SMILES string of the molecule is CCc1ccc(C(=O)Nc2ccc([C@@H](O)[C@H](CCn3nnc4ccccc4c3=O)C(=O)N3C(=O)SC[C@@H]3Cc3ccccc3)cc2)cc1. The van der Waals surface area contributed by atoms with Crippen molar-refractivity contribution in [2.24, 2.45) is 5.92 Å². The fraction of sp³-hybridized carbons (Fsp3) is 0.243. The highest BCUT2D eigenvalue weighted by molar-refractivity contribution is 8.14. The number of carbonyl (C=O) groups excluding carboxylic acids is 3. The van der Waals surface area contributed by atoms with Crippen molar-refractivity contribution in [1.82, 2.24) is 19.9 Å². The molecule has 5 aromatic rings. The molecule has 0 radical (unpaired) electrons. The summed E-state index contributed by atoms with van der Waals surface area (Å²) in [5.41, 5.74) is 3.68. The van der Waals surface area contributed by atoms with Gasteiger partial charge in [0, 0.05) is 23.5 Å². The van der Waals surface area contributed by atoms with Gasteiger partial charge < -0.3 is 10.4 Å². The summed E-state index contributed by atoms with van der Waals surface area (Å²) in [4.78, 5) is 54.6. The summed E-state index contributed by atoms with van der Waals surface area (Å²) < 4.78 is 1.18. The molecule has 3 atom stereocenters. The number of amides is 3. The average Bonchev–Trinajstić information content (AvgIpc) is 3.48. The van der Waals surface area contributed by atoms with E-state index in [1.54, 1.807) is 60.7 Å². The van der Waals surface area contributed by atoms with Gasteiger partial charge in [0.05, 0.1) is 23.4 Å². The van der Waals surface area contributed by atoms with Crippen LogP contribution in [0.1, 0.15) is 46.5 Å². The maximum atomic E-state index is 14.3. The van der Waals surface area contributed by atoms with E-state index >= 15 is 0 Å². The van der Waals surface area contributed by atoms with Crippen molar-refractivity contribution >= 4 is 45.4 Å². The summed E-state index contributed by atoms with van der Waals surface area (Å²) in [7, 11) is 0. The molecule has 1 saturated heterocycles. The van der Waals surface area contributed by atoms with E-state index in [2.05, 4.69) is 15.6 Å². The average molecular weight is 662 g/mol. The second-order valence-corrected chi connectivity index (χ2v) is 12.7. The van der Waals surface area contributed by atoms with Crippen LogP contribution in [0.15, 0.2) is 108 Å². The third-order valence-corrected chi connectivity index (χ3v) is 9.62. The summed E-state index contributed by atoms with van der Waals surface area (Å²) in [6.45, 7) is 2.04. The van der Waals surface area contributed by atoms with Gasteiger partial charge in [0.2, 0.25) is 5.91 Å². The number of thioether (sulfide) groups is 1.